The number of nitrogens with one attached hydrogen (secondary N) is 2. The summed E-state index contributed by atoms with van der Waals surface area (Å²) in [5.74, 6) is -0.270. The smallest absolute Gasteiger partial charge is 0.286 e. The van der Waals surface area contributed by atoms with Crippen molar-refractivity contribution in [1.29, 1.82) is 0 Å². The van der Waals surface area contributed by atoms with Crippen LogP contribution in [0.5, 0.6) is 0 Å². The van der Waals surface area contributed by atoms with Crippen LogP contribution in [0, 0.1) is 0 Å². The second-order valence-electron chi connectivity index (χ2n) is 4.30. The lowest BCUT2D eigenvalue weighted by Gasteiger charge is -2.06. The van der Waals surface area contributed by atoms with Crippen molar-refractivity contribution in [2.24, 2.45) is 0 Å². The summed E-state index contributed by atoms with van der Waals surface area (Å²) in [7, 11) is 0. The number of hydrogen-bond acceptors (Lipinski definition) is 6. The Kier molecular flexibility index (Phi) is 3.74. The van der Waals surface area contributed by atoms with Gasteiger partial charge in [-0.15, -0.1) is 10.2 Å². The number of rotatable bonds is 4. The van der Waals surface area contributed by atoms with Gasteiger partial charge in [0.2, 0.25) is 10.1 Å². The van der Waals surface area contributed by atoms with Gasteiger partial charge in [0.05, 0.1) is 5.69 Å². The summed E-state index contributed by atoms with van der Waals surface area (Å²) in [5.41, 5.74) is 0.714. The average Bonchev–Trinajstić information content (AvgIpc) is 2.97. The van der Waals surface area contributed by atoms with Gasteiger partial charge >= 0.3 is 0 Å². The number of anilines is 2. The molecule has 6 nitrogen and oxygen atoms in total. The van der Waals surface area contributed by atoms with Crippen molar-refractivity contribution in [2.45, 2.75) is 6.92 Å². The quantitative estimate of drug-likeness (QED) is 0.774. The van der Waals surface area contributed by atoms with Gasteiger partial charge in [0.25, 0.3) is 5.91 Å². The van der Waals surface area contributed by atoms with Crippen molar-refractivity contribution in [3.63, 3.8) is 0 Å². The number of aromatic nitrogens is 3. The summed E-state index contributed by atoms with van der Waals surface area (Å²) in [6.07, 6.45) is 3.45. The van der Waals surface area contributed by atoms with Crippen molar-refractivity contribution in [3.05, 3.63) is 41.7 Å². The molecule has 1 amide bonds. The van der Waals surface area contributed by atoms with E-state index in [-0.39, 0.29) is 5.91 Å². The zero-order valence-electron chi connectivity index (χ0n) is 11.3. The van der Waals surface area contributed by atoms with E-state index in [9.17, 15) is 4.79 Å². The molecule has 0 aliphatic rings. The number of nitrogens with zero attached hydrogens (tertiary/aromatic N) is 3. The van der Waals surface area contributed by atoms with E-state index in [2.05, 4.69) is 25.8 Å². The molecule has 0 spiro atoms. The molecule has 2 N–H and O–H groups in total. The summed E-state index contributed by atoms with van der Waals surface area (Å²) in [6.45, 7) is 2.70. The molecule has 21 heavy (non-hydrogen) atoms. The molecule has 0 atom stereocenters. The second-order valence-corrected chi connectivity index (χ2v) is 5.28. The van der Waals surface area contributed by atoms with Crippen LogP contribution in [-0.4, -0.2) is 27.6 Å². The highest BCUT2D eigenvalue weighted by molar-refractivity contribution is 7.17. The van der Waals surface area contributed by atoms with Crippen molar-refractivity contribution in [3.8, 4) is 0 Å². The summed E-state index contributed by atoms with van der Waals surface area (Å²) in [6, 6.07) is 7.61. The maximum Gasteiger partial charge on any atom is 0.286 e. The Morgan fingerprint density at radius 3 is 3.05 bits per heavy atom. The lowest BCUT2D eigenvalue weighted by molar-refractivity contribution is 0.102. The van der Waals surface area contributed by atoms with E-state index >= 15 is 0 Å². The zero-order valence-corrected chi connectivity index (χ0v) is 12.1. The van der Waals surface area contributed by atoms with E-state index in [1.807, 2.05) is 31.2 Å². The molecule has 2 aromatic heterocycles. The van der Waals surface area contributed by atoms with Gasteiger partial charge in [-0.25, -0.2) is 0 Å². The third-order valence-electron chi connectivity index (χ3n) is 2.88. The summed E-state index contributed by atoms with van der Waals surface area (Å²) >= 11 is 1.23. The molecule has 0 radical (unpaired) electrons. The van der Waals surface area contributed by atoms with Crippen LogP contribution < -0.4 is 10.6 Å². The molecule has 0 aliphatic heterocycles. The van der Waals surface area contributed by atoms with Gasteiger partial charge in [0.15, 0.2) is 0 Å². The van der Waals surface area contributed by atoms with Crippen LogP contribution >= 0.6 is 11.3 Å². The Morgan fingerprint density at radius 1 is 1.29 bits per heavy atom. The van der Waals surface area contributed by atoms with Crippen molar-refractivity contribution >= 4 is 38.8 Å². The van der Waals surface area contributed by atoms with Crippen LogP contribution in [0.15, 0.2) is 36.7 Å². The minimum absolute atomic E-state index is 0.270. The first kappa shape index (κ1) is 13.4. The molecule has 0 fully saturated rings. The zero-order chi connectivity index (χ0) is 14.7. The molecular weight excluding hydrogens is 286 g/mol. The van der Waals surface area contributed by atoms with Crippen LogP contribution in [0.2, 0.25) is 0 Å². The molecule has 0 saturated carbocycles. The molecule has 1 aromatic carbocycles. The van der Waals surface area contributed by atoms with Gasteiger partial charge in [-0.05, 0) is 24.4 Å². The van der Waals surface area contributed by atoms with Crippen molar-refractivity contribution in [1.82, 2.24) is 15.2 Å². The number of pyridine rings is 1. The Balaban J connectivity index is 1.85. The maximum atomic E-state index is 12.2. The van der Waals surface area contributed by atoms with Gasteiger partial charge in [-0.3, -0.25) is 9.78 Å². The monoisotopic (exact) mass is 299 g/mol. The average molecular weight is 299 g/mol. The van der Waals surface area contributed by atoms with Gasteiger partial charge < -0.3 is 10.6 Å². The second kappa shape index (κ2) is 5.84. The fourth-order valence-electron chi connectivity index (χ4n) is 1.94. The summed E-state index contributed by atoms with van der Waals surface area (Å²) in [5, 5.41) is 16.6. The number of benzene rings is 1. The Labute approximate surface area is 125 Å². The molecule has 106 valence electrons. The minimum atomic E-state index is -0.270. The highest BCUT2D eigenvalue weighted by Crippen LogP contribution is 2.23. The molecule has 0 unspecified atom stereocenters. The SMILES string of the molecule is CCNc1nnc(C(=O)Nc2cccc3ccncc23)s1. The lowest BCUT2D eigenvalue weighted by Crippen LogP contribution is -2.11. The van der Waals surface area contributed by atoms with E-state index in [1.54, 1.807) is 12.4 Å². The Hall–Kier alpha value is -2.54. The number of hydrogen-bond donors (Lipinski definition) is 2. The largest absolute Gasteiger partial charge is 0.360 e. The van der Waals surface area contributed by atoms with Gasteiger partial charge in [0, 0.05) is 24.3 Å². The van der Waals surface area contributed by atoms with Crippen LogP contribution in [0.3, 0.4) is 0 Å². The molecule has 0 saturated heterocycles. The molecular formula is C14H13N5OS. The first-order chi connectivity index (χ1) is 10.3. The molecule has 2 heterocycles. The predicted molar refractivity (Wildman–Crippen MR) is 83.8 cm³/mol. The number of amides is 1. The normalized spacial score (nSPS) is 10.5. The standard InChI is InChI=1S/C14H13N5OS/c1-2-16-14-19-18-13(21-14)12(20)17-11-5-3-4-9-6-7-15-8-10(9)11/h3-8H,2H2,1H3,(H,16,19)(H,17,20). The van der Waals surface area contributed by atoms with Crippen LogP contribution in [-0.2, 0) is 0 Å². The molecule has 7 heteroatoms. The molecule has 0 bridgehead atoms. The van der Waals surface area contributed by atoms with Crippen molar-refractivity contribution in [2.75, 3.05) is 17.2 Å². The predicted octanol–water partition coefficient (Wildman–Crippen LogP) is 2.77. The van der Waals surface area contributed by atoms with E-state index in [0.717, 1.165) is 17.3 Å². The van der Waals surface area contributed by atoms with E-state index in [1.165, 1.54) is 11.3 Å². The van der Waals surface area contributed by atoms with Crippen LogP contribution in [0.1, 0.15) is 16.7 Å². The van der Waals surface area contributed by atoms with Gasteiger partial charge in [-0.1, -0.05) is 23.5 Å². The van der Waals surface area contributed by atoms with E-state index in [4.69, 9.17) is 0 Å². The lowest BCUT2D eigenvalue weighted by atomic mass is 10.1. The van der Waals surface area contributed by atoms with E-state index < -0.39 is 0 Å². The first-order valence-electron chi connectivity index (χ1n) is 6.49. The van der Waals surface area contributed by atoms with Gasteiger partial charge in [0.1, 0.15) is 0 Å². The number of carbonyl (C=O) groups excluding carboxylic acids is 1. The molecule has 3 aromatic rings. The van der Waals surface area contributed by atoms with E-state index in [0.29, 0.717) is 15.8 Å². The Morgan fingerprint density at radius 2 is 2.19 bits per heavy atom. The Bertz CT molecular complexity index is 780. The first-order valence-corrected chi connectivity index (χ1v) is 7.31. The van der Waals surface area contributed by atoms with Crippen LogP contribution in [0.4, 0.5) is 10.8 Å². The molecule has 3 rings (SSSR count). The van der Waals surface area contributed by atoms with Gasteiger partial charge in [-0.2, -0.15) is 0 Å². The maximum absolute atomic E-state index is 12.2. The third kappa shape index (κ3) is 2.82. The third-order valence-corrected chi connectivity index (χ3v) is 3.76. The number of carbonyl (C=O) groups is 1. The summed E-state index contributed by atoms with van der Waals surface area (Å²) in [4.78, 5) is 16.3. The highest BCUT2D eigenvalue weighted by Gasteiger charge is 2.13. The topological polar surface area (TPSA) is 79.8 Å². The highest BCUT2D eigenvalue weighted by atomic mass is 32.1. The fraction of sp³-hybridized carbons (Fsp3) is 0.143. The fourth-order valence-corrected chi connectivity index (χ4v) is 2.64. The molecule has 0 aliphatic carbocycles. The van der Waals surface area contributed by atoms with Crippen molar-refractivity contribution < 1.29 is 4.79 Å². The minimum Gasteiger partial charge on any atom is -0.360 e. The number of fused-ring (bicyclic) bond motifs is 1. The van der Waals surface area contributed by atoms with Crippen LogP contribution in [0.25, 0.3) is 10.8 Å². The summed E-state index contributed by atoms with van der Waals surface area (Å²) < 4.78 is 0.